The summed E-state index contributed by atoms with van der Waals surface area (Å²) in [6.45, 7) is 1.72. The van der Waals surface area contributed by atoms with Gasteiger partial charge in [0.1, 0.15) is 5.82 Å². The summed E-state index contributed by atoms with van der Waals surface area (Å²) in [5.41, 5.74) is 1.72. The number of benzene rings is 1. The lowest BCUT2D eigenvalue weighted by Gasteiger charge is -2.17. The number of aromatic nitrogens is 1. The zero-order valence-corrected chi connectivity index (χ0v) is 13.5. The summed E-state index contributed by atoms with van der Waals surface area (Å²) in [4.78, 5) is 18.7. The summed E-state index contributed by atoms with van der Waals surface area (Å²) in [6, 6.07) is 15.5. The Balaban J connectivity index is 1.45. The standard InChI is InChI=1S/C19H20N4O/c20-13-16-6-4-15(5-7-16)8-9-19(24)22-17-10-12-23(14-17)18-3-1-2-11-21-18/h1-7,11,17H,8-10,12,14H2,(H,22,24). The van der Waals surface area contributed by atoms with Crippen molar-refractivity contribution in [3.8, 4) is 6.07 Å². The Hall–Kier alpha value is -2.87. The summed E-state index contributed by atoms with van der Waals surface area (Å²) in [7, 11) is 0. The van der Waals surface area contributed by atoms with E-state index in [0.717, 1.165) is 30.9 Å². The Kier molecular flexibility index (Phi) is 5.07. The fourth-order valence-corrected chi connectivity index (χ4v) is 2.93. The Morgan fingerprint density at radius 1 is 1.29 bits per heavy atom. The zero-order valence-electron chi connectivity index (χ0n) is 13.5. The summed E-state index contributed by atoms with van der Waals surface area (Å²) in [5, 5.41) is 11.9. The predicted molar refractivity (Wildman–Crippen MR) is 92.5 cm³/mol. The van der Waals surface area contributed by atoms with Crippen molar-refractivity contribution in [1.82, 2.24) is 10.3 Å². The Labute approximate surface area is 141 Å². The van der Waals surface area contributed by atoms with Crippen molar-refractivity contribution >= 4 is 11.7 Å². The van der Waals surface area contributed by atoms with Gasteiger partial charge in [-0.25, -0.2) is 4.98 Å². The molecule has 24 heavy (non-hydrogen) atoms. The van der Waals surface area contributed by atoms with Crippen LogP contribution in [0.3, 0.4) is 0 Å². The Morgan fingerprint density at radius 3 is 2.83 bits per heavy atom. The summed E-state index contributed by atoms with van der Waals surface area (Å²) in [5.74, 6) is 1.04. The molecule has 1 N–H and O–H groups in total. The first-order chi connectivity index (χ1) is 11.7. The van der Waals surface area contributed by atoms with Gasteiger partial charge in [-0.3, -0.25) is 4.79 Å². The summed E-state index contributed by atoms with van der Waals surface area (Å²) >= 11 is 0. The molecule has 122 valence electrons. The molecule has 0 saturated carbocycles. The molecule has 5 heteroatoms. The number of hydrogen-bond donors (Lipinski definition) is 1. The maximum absolute atomic E-state index is 12.1. The molecule has 2 aromatic rings. The molecule has 0 aliphatic carbocycles. The molecule has 3 rings (SSSR count). The molecule has 2 heterocycles. The van der Waals surface area contributed by atoms with Crippen molar-refractivity contribution in [3.05, 3.63) is 59.8 Å². The van der Waals surface area contributed by atoms with Crippen LogP contribution in [-0.4, -0.2) is 30.0 Å². The van der Waals surface area contributed by atoms with Gasteiger partial charge in [0.05, 0.1) is 11.6 Å². The molecule has 5 nitrogen and oxygen atoms in total. The number of pyridine rings is 1. The van der Waals surface area contributed by atoms with Crippen LogP contribution >= 0.6 is 0 Å². The highest BCUT2D eigenvalue weighted by molar-refractivity contribution is 5.76. The fourth-order valence-electron chi connectivity index (χ4n) is 2.93. The topological polar surface area (TPSA) is 69.0 Å². The zero-order chi connectivity index (χ0) is 16.8. The van der Waals surface area contributed by atoms with E-state index in [-0.39, 0.29) is 11.9 Å². The van der Waals surface area contributed by atoms with Crippen molar-refractivity contribution in [2.45, 2.75) is 25.3 Å². The van der Waals surface area contributed by atoms with Crippen LogP contribution in [0.2, 0.25) is 0 Å². The maximum atomic E-state index is 12.1. The lowest BCUT2D eigenvalue weighted by Crippen LogP contribution is -2.37. The molecule has 1 aromatic carbocycles. The predicted octanol–water partition coefficient (Wildman–Crippen LogP) is 2.28. The van der Waals surface area contributed by atoms with Crippen LogP contribution in [0.25, 0.3) is 0 Å². The van der Waals surface area contributed by atoms with E-state index in [1.807, 2.05) is 30.3 Å². The number of hydrogen-bond acceptors (Lipinski definition) is 4. The molecule has 1 amide bonds. The first-order valence-corrected chi connectivity index (χ1v) is 8.19. The largest absolute Gasteiger partial charge is 0.354 e. The number of carbonyl (C=O) groups is 1. The number of nitrogens with one attached hydrogen (secondary N) is 1. The highest BCUT2D eigenvalue weighted by Crippen LogP contribution is 2.17. The molecule has 1 fully saturated rings. The van der Waals surface area contributed by atoms with E-state index in [9.17, 15) is 4.79 Å². The maximum Gasteiger partial charge on any atom is 0.220 e. The molecule has 1 atom stereocenters. The van der Waals surface area contributed by atoms with Gasteiger partial charge < -0.3 is 10.2 Å². The molecule has 0 bridgehead atoms. The third-order valence-corrected chi connectivity index (χ3v) is 4.25. The number of carbonyl (C=O) groups excluding carboxylic acids is 1. The van der Waals surface area contributed by atoms with Crippen LogP contribution in [0.1, 0.15) is 24.0 Å². The van der Waals surface area contributed by atoms with E-state index in [4.69, 9.17) is 5.26 Å². The average molecular weight is 320 g/mol. The first-order valence-electron chi connectivity index (χ1n) is 8.19. The lowest BCUT2D eigenvalue weighted by atomic mass is 10.1. The van der Waals surface area contributed by atoms with Gasteiger partial charge in [0.15, 0.2) is 0 Å². The molecular weight excluding hydrogens is 300 g/mol. The quantitative estimate of drug-likeness (QED) is 0.917. The summed E-state index contributed by atoms with van der Waals surface area (Å²) in [6.07, 6.45) is 3.89. The molecule has 1 unspecified atom stereocenters. The minimum atomic E-state index is 0.0761. The van der Waals surface area contributed by atoms with Crippen LogP contribution in [0.5, 0.6) is 0 Å². The van der Waals surface area contributed by atoms with Crippen LogP contribution in [-0.2, 0) is 11.2 Å². The molecule has 1 aliphatic rings. The van der Waals surface area contributed by atoms with Gasteiger partial charge >= 0.3 is 0 Å². The monoisotopic (exact) mass is 320 g/mol. The number of nitriles is 1. The van der Waals surface area contributed by atoms with Crippen LogP contribution in [0.15, 0.2) is 48.7 Å². The van der Waals surface area contributed by atoms with Gasteiger partial charge in [0, 0.05) is 31.7 Å². The molecular formula is C19H20N4O. The molecule has 1 aromatic heterocycles. The van der Waals surface area contributed by atoms with Gasteiger partial charge in [-0.1, -0.05) is 18.2 Å². The number of amides is 1. The van der Waals surface area contributed by atoms with E-state index in [1.165, 1.54) is 0 Å². The van der Waals surface area contributed by atoms with Gasteiger partial charge in [-0.15, -0.1) is 0 Å². The third kappa shape index (κ3) is 4.11. The summed E-state index contributed by atoms with van der Waals surface area (Å²) < 4.78 is 0. The first kappa shape index (κ1) is 16.0. The van der Waals surface area contributed by atoms with Gasteiger partial charge in [-0.05, 0) is 42.7 Å². The fraction of sp³-hybridized carbons (Fsp3) is 0.316. The highest BCUT2D eigenvalue weighted by atomic mass is 16.1. The molecule has 0 spiro atoms. The van der Waals surface area contributed by atoms with E-state index in [2.05, 4.69) is 21.3 Å². The van der Waals surface area contributed by atoms with Gasteiger partial charge in [0.2, 0.25) is 5.91 Å². The number of aryl methyl sites for hydroxylation is 1. The van der Waals surface area contributed by atoms with Crippen molar-refractivity contribution in [2.75, 3.05) is 18.0 Å². The minimum absolute atomic E-state index is 0.0761. The highest BCUT2D eigenvalue weighted by Gasteiger charge is 2.24. The normalized spacial score (nSPS) is 16.6. The number of nitrogens with zero attached hydrogens (tertiary/aromatic N) is 3. The van der Waals surface area contributed by atoms with Crippen LogP contribution in [0, 0.1) is 11.3 Å². The van der Waals surface area contributed by atoms with Crippen molar-refractivity contribution < 1.29 is 4.79 Å². The average Bonchev–Trinajstić information content (AvgIpc) is 3.09. The second kappa shape index (κ2) is 7.60. The minimum Gasteiger partial charge on any atom is -0.354 e. The van der Waals surface area contributed by atoms with Gasteiger partial charge in [-0.2, -0.15) is 5.26 Å². The van der Waals surface area contributed by atoms with Crippen LogP contribution < -0.4 is 10.2 Å². The lowest BCUT2D eigenvalue weighted by molar-refractivity contribution is -0.121. The SMILES string of the molecule is N#Cc1ccc(CCC(=O)NC2CCN(c3ccccn3)C2)cc1. The van der Waals surface area contributed by atoms with Crippen molar-refractivity contribution in [3.63, 3.8) is 0 Å². The molecule has 0 radical (unpaired) electrons. The smallest absolute Gasteiger partial charge is 0.220 e. The van der Waals surface area contributed by atoms with Crippen molar-refractivity contribution in [2.24, 2.45) is 0 Å². The Morgan fingerprint density at radius 2 is 2.12 bits per heavy atom. The van der Waals surface area contributed by atoms with E-state index < -0.39 is 0 Å². The molecule has 1 saturated heterocycles. The number of anilines is 1. The Bertz CT molecular complexity index is 721. The van der Waals surface area contributed by atoms with Gasteiger partial charge in [0.25, 0.3) is 0 Å². The second-order valence-electron chi connectivity index (χ2n) is 6.00. The number of rotatable bonds is 5. The van der Waals surface area contributed by atoms with Crippen LogP contribution in [0.4, 0.5) is 5.82 Å². The second-order valence-corrected chi connectivity index (χ2v) is 6.00. The molecule has 1 aliphatic heterocycles. The third-order valence-electron chi connectivity index (χ3n) is 4.25. The van der Waals surface area contributed by atoms with E-state index in [0.29, 0.717) is 18.4 Å². The van der Waals surface area contributed by atoms with E-state index in [1.54, 1.807) is 18.3 Å². The van der Waals surface area contributed by atoms with Crippen molar-refractivity contribution in [1.29, 1.82) is 5.26 Å². The van der Waals surface area contributed by atoms with E-state index >= 15 is 0 Å².